The number of imide groups is 1. The number of benzene rings is 1. The molecule has 1 fully saturated rings. The van der Waals surface area contributed by atoms with Crippen molar-refractivity contribution in [3.63, 3.8) is 0 Å². The molecule has 1 aromatic rings. The van der Waals surface area contributed by atoms with Crippen LogP contribution in [0.5, 0.6) is 11.5 Å². The van der Waals surface area contributed by atoms with Crippen LogP contribution < -0.4 is 9.47 Å². The Morgan fingerprint density at radius 1 is 1.29 bits per heavy atom. The van der Waals surface area contributed by atoms with Gasteiger partial charge in [0.1, 0.15) is 0 Å². The molecule has 5 nitrogen and oxygen atoms in total. The molecule has 0 spiro atoms. The Hall–Kier alpha value is -1.66. The Balaban J connectivity index is 2.38. The summed E-state index contributed by atoms with van der Waals surface area (Å²) in [5.74, 6) is 0.770. The van der Waals surface area contributed by atoms with Gasteiger partial charge in [-0.2, -0.15) is 0 Å². The topological polar surface area (TPSA) is 55.8 Å². The van der Waals surface area contributed by atoms with Gasteiger partial charge in [-0.3, -0.25) is 14.5 Å². The Labute approximate surface area is 150 Å². The summed E-state index contributed by atoms with van der Waals surface area (Å²) in [6, 6.07) is 3.22. The molecular formula is C17H20ClNO4S. The zero-order chi connectivity index (χ0) is 17.9. The Morgan fingerprint density at radius 3 is 2.58 bits per heavy atom. The van der Waals surface area contributed by atoms with Crippen LogP contribution in [0.4, 0.5) is 4.79 Å². The maximum Gasteiger partial charge on any atom is 0.293 e. The van der Waals surface area contributed by atoms with Crippen LogP contribution in [0.1, 0.15) is 32.8 Å². The lowest BCUT2D eigenvalue weighted by Crippen LogP contribution is -2.36. The SMILES string of the molecule is CCOc1cc(Cl)c(/C=C2/SC(=O)N([C@H](C)CC)C2=O)cc1OC. The first-order valence-corrected chi connectivity index (χ1v) is 8.89. The third kappa shape index (κ3) is 3.70. The lowest BCUT2D eigenvalue weighted by molar-refractivity contribution is -0.124. The minimum atomic E-state index is -0.289. The second-order valence-electron chi connectivity index (χ2n) is 5.27. The lowest BCUT2D eigenvalue weighted by atomic mass is 10.1. The van der Waals surface area contributed by atoms with Crippen molar-refractivity contribution in [2.45, 2.75) is 33.2 Å². The molecule has 0 bridgehead atoms. The summed E-state index contributed by atoms with van der Waals surface area (Å²) in [6.07, 6.45) is 2.33. The van der Waals surface area contributed by atoms with E-state index >= 15 is 0 Å². The number of nitrogens with zero attached hydrogens (tertiary/aromatic N) is 1. The number of rotatable bonds is 6. The molecule has 7 heteroatoms. The van der Waals surface area contributed by atoms with Crippen molar-refractivity contribution in [3.8, 4) is 11.5 Å². The molecular weight excluding hydrogens is 350 g/mol. The Kier molecular flexibility index (Phi) is 6.18. The number of halogens is 1. The normalized spacial score (nSPS) is 17.5. The monoisotopic (exact) mass is 369 g/mol. The molecule has 0 unspecified atom stereocenters. The van der Waals surface area contributed by atoms with Gasteiger partial charge in [-0.15, -0.1) is 0 Å². The summed E-state index contributed by atoms with van der Waals surface area (Å²) < 4.78 is 10.8. The molecule has 0 aliphatic carbocycles. The van der Waals surface area contributed by atoms with Crippen LogP contribution in [0.2, 0.25) is 5.02 Å². The highest BCUT2D eigenvalue weighted by Crippen LogP contribution is 2.38. The van der Waals surface area contributed by atoms with E-state index in [1.54, 1.807) is 18.2 Å². The van der Waals surface area contributed by atoms with Crippen LogP contribution in [0.3, 0.4) is 0 Å². The fraction of sp³-hybridized carbons (Fsp3) is 0.412. The highest BCUT2D eigenvalue weighted by molar-refractivity contribution is 8.18. The van der Waals surface area contributed by atoms with Crippen molar-refractivity contribution in [1.29, 1.82) is 0 Å². The molecule has 1 saturated heterocycles. The van der Waals surface area contributed by atoms with Crippen LogP contribution in [0.15, 0.2) is 17.0 Å². The molecule has 0 radical (unpaired) electrons. The van der Waals surface area contributed by atoms with Crippen molar-refractivity contribution in [1.82, 2.24) is 4.90 Å². The zero-order valence-electron chi connectivity index (χ0n) is 14.1. The van der Waals surface area contributed by atoms with Crippen LogP contribution in [0.25, 0.3) is 6.08 Å². The van der Waals surface area contributed by atoms with E-state index in [9.17, 15) is 9.59 Å². The largest absolute Gasteiger partial charge is 0.493 e. The minimum Gasteiger partial charge on any atom is -0.493 e. The van der Waals surface area contributed by atoms with Gasteiger partial charge in [-0.05, 0) is 49.7 Å². The molecule has 1 aliphatic rings. The Bertz CT molecular complexity index is 689. The van der Waals surface area contributed by atoms with Gasteiger partial charge in [0.15, 0.2) is 11.5 Å². The van der Waals surface area contributed by atoms with Gasteiger partial charge in [-0.25, -0.2) is 0 Å². The fourth-order valence-corrected chi connectivity index (χ4v) is 3.40. The van der Waals surface area contributed by atoms with Crippen molar-refractivity contribution in [3.05, 3.63) is 27.6 Å². The highest BCUT2D eigenvalue weighted by Gasteiger charge is 2.37. The van der Waals surface area contributed by atoms with E-state index in [-0.39, 0.29) is 17.2 Å². The number of hydrogen-bond acceptors (Lipinski definition) is 5. The molecule has 1 atom stereocenters. The minimum absolute atomic E-state index is 0.131. The van der Waals surface area contributed by atoms with E-state index in [0.29, 0.717) is 40.0 Å². The predicted molar refractivity (Wildman–Crippen MR) is 96.7 cm³/mol. The van der Waals surface area contributed by atoms with Gasteiger partial charge in [0.25, 0.3) is 11.1 Å². The van der Waals surface area contributed by atoms with Crippen molar-refractivity contribution in [2.24, 2.45) is 0 Å². The van der Waals surface area contributed by atoms with E-state index in [1.165, 1.54) is 12.0 Å². The first-order chi connectivity index (χ1) is 11.4. The summed E-state index contributed by atoms with van der Waals surface area (Å²) in [7, 11) is 1.53. The standard InChI is InChI=1S/C17H20ClNO4S/c1-5-10(3)19-16(20)15(24-17(19)21)8-11-7-13(22-4)14(23-6-2)9-12(11)18/h7-10H,5-6H2,1-4H3/b15-8+/t10-/m1/s1. The average molecular weight is 370 g/mol. The second kappa shape index (κ2) is 7.94. The number of methoxy groups -OCH3 is 1. The third-order valence-electron chi connectivity index (χ3n) is 3.72. The summed E-state index contributed by atoms with van der Waals surface area (Å²) >= 11 is 7.21. The number of carbonyl (C=O) groups excluding carboxylic acids is 2. The van der Waals surface area contributed by atoms with Crippen LogP contribution >= 0.6 is 23.4 Å². The summed E-state index contributed by atoms with van der Waals surface area (Å²) in [5.41, 5.74) is 0.603. The number of hydrogen-bond donors (Lipinski definition) is 0. The second-order valence-corrected chi connectivity index (χ2v) is 6.67. The quantitative estimate of drug-likeness (QED) is 0.687. The molecule has 24 heavy (non-hydrogen) atoms. The smallest absolute Gasteiger partial charge is 0.293 e. The van der Waals surface area contributed by atoms with E-state index in [2.05, 4.69) is 0 Å². The maximum atomic E-state index is 12.5. The highest BCUT2D eigenvalue weighted by atomic mass is 35.5. The van der Waals surface area contributed by atoms with Gasteiger partial charge >= 0.3 is 0 Å². The first kappa shape index (κ1) is 18.7. The van der Waals surface area contributed by atoms with Gasteiger partial charge in [0.2, 0.25) is 0 Å². The zero-order valence-corrected chi connectivity index (χ0v) is 15.7. The molecule has 0 saturated carbocycles. The van der Waals surface area contributed by atoms with E-state index in [0.717, 1.165) is 11.8 Å². The van der Waals surface area contributed by atoms with Gasteiger partial charge in [0, 0.05) is 12.1 Å². The first-order valence-electron chi connectivity index (χ1n) is 7.70. The molecule has 1 aromatic carbocycles. The molecule has 130 valence electrons. The lowest BCUT2D eigenvalue weighted by Gasteiger charge is -2.19. The summed E-state index contributed by atoms with van der Waals surface area (Å²) in [5, 5.41) is 0.171. The summed E-state index contributed by atoms with van der Waals surface area (Å²) in [4.78, 5) is 26.2. The number of amides is 2. The molecule has 1 heterocycles. The van der Waals surface area contributed by atoms with Gasteiger partial charge in [-0.1, -0.05) is 18.5 Å². The van der Waals surface area contributed by atoms with E-state index in [1.807, 2.05) is 20.8 Å². The van der Waals surface area contributed by atoms with Crippen LogP contribution in [-0.4, -0.2) is 35.8 Å². The van der Waals surface area contributed by atoms with Crippen LogP contribution in [-0.2, 0) is 4.79 Å². The average Bonchev–Trinajstić information content (AvgIpc) is 2.83. The number of ether oxygens (including phenoxy) is 2. The van der Waals surface area contributed by atoms with Gasteiger partial charge < -0.3 is 9.47 Å². The van der Waals surface area contributed by atoms with E-state index < -0.39 is 0 Å². The van der Waals surface area contributed by atoms with Gasteiger partial charge in [0.05, 0.1) is 23.6 Å². The predicted octanol–water partition coefficient (Wildman–Crippen LogP) is 4.58. The fourth-order valence-electron chi connectivity index (χ4n) is 2.27. The van der Waals surface area contributed by atoms with Crippen LogP contribution in [0, 0.1) is 0 Å². The van der Waals surface area contributed by atoms with Crippen molar-refractivity contribution in [2.75, 3.05) is 13.7 Å². The van der Waals surface area contributed by atoms with Crippen molar-refractivity contribution < 1.29 is 19.1 Å². The number of thioether (sulfide) groups is 1. The Morgan fingerprint density at radius 2 is 2.00 bits per heavy atom. The molecule has 1 aliphatic heterocycles. The molecule has 2 amide bonds. The third-order valence-corrected chi connectivity index (χ3v) is 4.94. The number of carbonyl (C=O) groups is 2. The molecule has 0 N–H and O–H groups in total. The molecule has 2 rings (SSSR count). The molecule has 0 aromatic heterocycles. The maximum absolute atomic E-state index is 12.5. The summed E-state index contributed by atoms with van der Waals surface area (Å²) in [6.45, 7) is 6.14. The van der Waals surface area contributed by atoms with Crippen molar-refractivity contribution >= 4 is 40.6 Å². The van der Waals surface area contributed by atoms with E-state index in [4.69, 9.17) is 21.1 Å².